The van der Waals surface area contributed by atoms with Crippen molar-refractivity contribution in [3.05, 3.63) is 64.1 Å². The highest BCUT2D eigenvalue weighted by Crippen LogP contribution is 2.09. The number of pyridine rings is 1. The van der Waals surface area contributed by atoms with Gasteiger partial charge in [0.05, 0.1) is 11.6 Å². The molecule has 5 nitrogen and oxygen atoms in total. The Hall–Kier alpha value is -2.87. The molecule has 21 heavy (non-hydrogen) atoms. The normalized spacial score (nSPS) is 9.90. The Balaban J connectivity index is 1.92. The number of carbonyl (C=O) groups is 1. The van der Waals surface area contributed by atoms with Gasteiger partial charge in [-0.3, -0.25) is 9.59 Å². The zero-order valence-corrected chi connectivity index (χ0v) is 11.7. The van der Waals surface area contributed by atoms with Crippen molar-refractivity contribution in [2.24, 2.45) is 0 Å². The molecule has 1 N–H and O–H groups in total. The summed E-state index contributed by atoms with van der Waals surface area (Å²) in [4.78, 5) is 23.5. The van der Waals surface area contributed by atoms with E-state index in [-0.39, 0.29) is 17.9 Å². The van der Waals surface area contributed by atoms with Gasteiger partial charge in [0.1, 0.15) is 0 Å². The maximum atomic E-state index is 11.8. The molecule has 0 bridgehead atoms. The molecule has 0 aliphatic carbocycles. The zero-order chi connectivity index (χ0) is 15.2. The second-order valence-corrected chi connectivity index (χ2v) is 4.72. The minimum Gasteiger partial charge on any atom is -0.326 e. The number of aromatic nitrogens is 1. The van der Waals surface area contributed by atoms with Crippen molar-refractivity contribution in [2.75, 3.05) is 5.32 Å². The number of nitriles is 1. The van der Waals surface area contributed by atoms with E-state index in [4.69, 9.17) is 5.26 Å². The van der Waals surface area contributed by atoms with E-state index in [1.54, 1.807) is 36.5 Å². The van der Waals surface area contributed by atoms with Gasteiger partial charge in [-0.05, 0) is 42.8 Å². The second kappa shape index (κ2) is 6.53. The Kier molecular flexibility index (Phi) is 4.52. The predicted molar refractivity (Wildman–Crippen MR) is 79.8 cm³/mol. The van der Waals surface area contributed by atoms with E-state index in [1.165, 1.54) is 4.57 Å². The van der Waals surface area contributed by atoms with E-state index in [1.807, 2.05) is 19.1 Å². The topological polar surface area (TPSA) is 74.9 Å². The van der Waals surface area contributed by atoms with Gasteiger partial charge in [-0.15, -0.1) is 0 Å². The van der Waals surface area contributed by atoms with Crippen LogP contribution in [0.2, 0.25) is 0 Å². The van der Waals surface area contributed by atoms with Crippen molar-refractivity contribution < 1.29 is 4.79 Å². The van der Waals surface area contributed by atoms with Crippen LogP contribution in [0.15, 0.2) is 47.4 Å². The van der Waals surface area contributed by atoms with Crippen LogP contribution in [0.3, 0.4) is 0 Å². The fraction of sp³-hybridized carbons (Fsp3) is 0.188. The van der Waals surface area contributed by atoms with E-state index in [0.29, 0.717) is 17.8 Å². The molecule has 0 atom stereocenters. The lowest BCUT2D eigenvalue weighted by atomic mass is 10.2. The molecule has 0 spiro atoms. The van der Waals surface area contributed by atoms with Gasteiger partial charge < -0.3 is 9.88 Å². The third-order valence-electron chi connectivity index (χ3n) is 3.03. The Bertz CT molecular complexity index is 739. The van der Waals surface area contributed by atoms with Gasteiger partial charge in [0.15, 0.2) is 0 Å². The largest absolute Gasteiger partial charge is 0.326 e. The third-order valence-corrected chi connectivity index (χ3v) is 3.03. The molecule has 0 saturated carbocycles. The van der Waals surface area contributed by atoms with Crippen LogP contribution in [0.25, 0.3) is 0 Å². The monoisotopic (exact) mass is 281 g/mol. The lowest BCUT2D eigenvalue weighted by molar-refractivity contribution is -0.116. The van der Waals surface area contributed by atoms with Crippen molar-refractivity contribution in [3.8, 4) is 6.07 Å². The molecule has 2 rings (SSSR count). The quantitative estimate of drug-likeness (QED) is 0.932. The third kappa shape index (κ3) is 4.05. The summed E-state index contributed by atoms with van der Waals surface area (Å²) in [6.45, 7) is 2.19. The lowest BCUT2D eigenvalue weighted by Crippen LogP contribution is -2.22. The standard InChI is InChI=1S/C16H15N3O2/c1-12-6-8-19(16(21)10-12)9-7-15(20)18-14-4-2-13(11-17)3-5-14/h2-6,8,10H,7,9H2,1H3,(H,18,20). The molecule has 0 saturated heterocycles. The molecule has 0 radical (unpaired) electrons. The predicted octanol–water partition coefficient (Wildman–Crippen LogP) is 2.06. The van der Waals surface area contributed by atoms with Crippen LogP contribution in [0.4, 0.5) is 5.69 Å². The molecule has 0 aliphatic rings. The first-order valence-corrected chi connectivity index (χ1v) is 6.55. The van der Waals surface area contributed by atoms with Gasteiger partial charge in [-0.25, -0.2) is 0 Å². The van der Waals surface area contributed by atoms with Gasteiger partial charge in [0.25, 0.3) is 5.56 Å². The molecule has 0 aliphatic heterocycles. The lowest BCUT2D eigenvalue weighted by Gasteiger charge is -2.07. The fourth-order valence-corrected chi connectivity index (χ4v) is 1.87. The minimum absolute atomic E-state index is 0.110. The number of nitrogens with one attached hydrogen (secondary N) is 1. The SMILES string of the molecule is Cc1ccn(CCC(=O)Nc2ccc(C#N)cc2)c(=O)c1. The summed E-state index contributed by atoms with van der Waals surface area (Å²) in [5.74, 6) is -0.174. The Morgan fingerprint density at radius 2 is 2.00 bits per heavy atom. The van der Waals surface area contributed by atoms with Crippen molar-refractivity contribution >= 4 is 11.6 Å². The number of amides is 1. The second-order valence-electron chi connectivity index (χ2n) is 4.72. The highest BCUT2D eigenvalue weighted by atomic mass is 16.1. The van der Waals surface area contributed by atoms with Crippen LogP contribution in [0.1, 0.15) is 17.5 Å². The molecule has 0 fully saturated rings. The number of hydrogen-bond acceptors (Lipinski definition) is 3. The molecule has 106 valence electrons. The molecule has 1 amide bonds. The Morgan fingerprint density at radius 1 is 1.29 bits per heavy atom. The molecular weight excluding hydrogens is 266 g/mol. The molecule has 1 aromatic heterocycles. The number of aryl methyl sites for hydroxylation is 2. The van der Waals surface area contributed by atoms with Crippen molar-refractivity contribution in [2.45, 2.75) is 19.9 Å². The van der Waals surface area contributed by atoms with Crippen LogP contribution < -0.4 is 10.9 Å². The van der Waals surface area contributed by atoms with Gasteiger partial charge in [-0.1, -0.05) is 0 Å². The van der Waals surface area contributed by atoms with Gasteiger partial charge in [0.2, 0.25) is 5.91 Å². The molecule has 0 unspecified atom stereocenters. The number of benzene rings is 1. The van der Waals surface area contributed by atoms with E-state index < -0.39 is 0 Å². The average Bonchev–Trinajstić information content (AvgIpc) is 2.47. The van der Waals surface area contributed by atoms with E-state index in [9.17, 15) is 9.59 Å². The molecule has 2 aromatic rings. The number of carbonyl (C=O) groups excluding carboxylic acids is 1. The fourth-order valence-electron chi connectivity index (χ4n) is 1.87. The maximum Gasteiger partial charge on any atom is 0.250 e. The molecular formula is C16H15N3O2. The average molecular weight is 281 g/mol. The summed E-state index contributed by atoms with van der Waals surface area (Å²) < 4.78 is 1.51. The molecule has 5 heteroatoms. The van der Waals surface area contributed by atoms with Gasteiger partial charge in [-0.2, -0.15) is 5.26 Å². The summed E-state index contributed by atoms with van der Waals surface area (Å²) >= 11 is 0. The summed E-state index contributed by atoms with van der Waals surface area (Å²) in [5.41, 5.74) is 1.97. The minimum atomic E-state index is -0.174. The van der Waals surface area contributed by atoms with E-state index in [2.05, 4.69) is 5.32 Å². The highest BCUT2D eigenvalue weighted by molar-refractivity contribution is 5.90. The highest BCUT2D eigenvalue weighted by Gasteiger charge is 2.04. The van der Waals surface area contributed by atoms with Crippen LogP contribution in [0, 0.1) is 18.3 Å². The van der Waals surface area contributed by atoms with E-state index in [0.717, 1.165) is 5.56 Å². The van der Waals surface area contributed by atoms with Crippen LogP contribution in [-0.2, 0) is 11.3 Å². The van der Waals surface area contributed by atoms with Crippen LogP contribution >= 0.6 is 0 Å². The van der Waals surface area contributed by atoms with Crippen molar-refractivity contribution in [3.63, 3.8) is 0 Å². The number of hydrogen-bond donors (Lipinski definition) is 1. The molecule has 1 aromatic carbocycles. The number of anilines is 1. The van der Waals surface area contributed by atoms with Gasteiger partial charge in [0, 0.05) is 30.9 Å². The first-order chi connectivity index (χ1) is 10.1. The number of rotatable bonds is 4. The number of nitrogens with zero attached hydrogens (tertiary/aromatic N) is 2. The Labute approximate surface area is 122 Å². The summed E-state index contributed by atoms with van der Waals surface area (Å²) in [6.07, 6.45) is 1.90. The smallest absolute Gasteiger partial charge is 0.250 e. The van der Waals surface area contributed by atoms with Crippen LogP contribution in [0.5, 0.6) is 0 Å². The zero-order valence-electron chi connectivity index (χ0n) is 11.7. The first kappa shape index (κ1) is 14.5. The van der Waals surface area contributed by atoms with Gasteiger partial charge >= 0.3 is 0 Å². The molecule has 1 heterocycles. The Morgan fingerprint density at radius 3 is 2.62 bits per heavy atom. The van der Waals surface area contributed by atoms with Crippen molar-refractivity contribution in [1.82, 2.24) is 4.57 Å². The van der Waals surface area contributed by atoms with Crippen molar-refractivity contribution in [1.29, 1.82) is 5.26 Å². The summed E-state index contributed by atoms with van der Waals surface area (Å²) in [7, 11) is 0. The van der Waals surface area contributed by atoms with Crippen LogP contribution in [-0.4, -0.2) is 10.5 Å². The summed E-state index contributed by atoms with van der Waals surface area (Å²) in [6, 6.07) is 12.0. The first-order valence-electron chi connectivity index (χ1n) is 6.55. The van der Waals surface area contributed by atoms with E-state index >= 15 is 0 Å². The summed E-state index contributed by atoms with van der Waals surface area (Å²) in [5, 5.41) is 11.4. The maximum absolute atomic E-state index is 11.8.